The molecule has 0 aliphatic carbocycles. The number of cyclic esters (lactones) is 1. The van der Waals surface area contributed by atoms with Crippen LogP contribution in [0.4, 0.5) is 0 Å². The second-order valence-electron chi connectivity index (χ2n) is 11.9. The number of carbonyl (C=O) groups is 2. The van der Waals surface area contributed by atoms with Gasteiger partial charge >= 0.3 is 11.9 Å². The fourth-order valence-corrected chi connectivity index (χ4v) is 6.28. The summed E-state index contributed by atoms with van der Waals surface area (Å²) in [5, 5.41) is 0. The van der Waals surface area contributed by atoms with E-state index in [1.54, 1.807) is 0 Å². The van der Waals surface area contributed by atoms with Crippen molar-refractivity contribution >= 4 is 23.3 Å². The van der Waals surface area contributed by atoms with Gasteiger partial charge in [0.15, 0.2) is 5.76 Å². The topological polar surface area (TPSA) is 52.6 Å². The maximum Gasteiger partial charge on any atom is 0.348 e. The molecule has 0 atom stereocenters. The molecule has 1 heterocycles. The number of benzene rings is 4. The highest BCUT2D eigenvalue weighted by Crippen LogP contribution is 2.44. The fourth-order valence-electron chi connectivity index (χ4n) is 6.28. The molecule has 1 aliphatic heterocycles. The molecule has 0 aromatic heterocycles. The van der Waals surface area contributed by atoms with E-state index in [1.807, 2.05) is 88.4 Å². The summed E-state index contributed by atoms with van der Waals surface area (Å²) in [6, 6.07) is 19.1. The average molecular weight is 585 g/mol. The second kappa shape index (κ2) is 11.8. The fraction of sp³-hybridized carbons (Fsp3) is 0.250. The first-order valence-electron chi connectivity index (χ1n) is 15.0. The summed E-state index contributed by atoms with van der Waals surface area (Å²) in [4.78, 5) is 28.7. The van der Waals surface area contributed by atoms with Gasteiger partial charge in [0.2, 0.25) is 0 Å². The summed E-state index contributed by atoms with van der Waals surface area (Å²) in [5.74, 6) is -0.475. The summed E-state index contributed by atoms with van der Waals surface area (Å²) in [6.07, 6.45) is 0. The maximum atomic E-state index is 14.5. The van der Waals surface area contributed by atoms with E-state index in [4.69, 9.17) is 9.47 Å². The number of rotatable bonds is 5. The number of hydrogen-bond donors (Lipinski definition) is 0. The summed E-state index contributed by atoms with van der Waals surface area (Å²) in [5.41, 5.74) is 14.1. The lowest BCUT2D eigenvalue weighted by Gasteiger charge is -2.23. The molecule has 0 unspecified atom stereocenters. The minimum atomic E-state index is -0.622. The number of esters is 2. The minimum Gasteiger partial charge on any atom is -0.422 e. The van der Waals surface area contributed by atoms with E-state index in [0.29, 0.717) is 16.9 Å². The molecule has 4 nitrogen and oxygen atoms in total. The van der Waals surface area contributed by atoms with Crippen molar-refractivity contribution in [1.82, 2.24) is 0 Å². The standard InChI is InChI=1S/C40H40O4/c1-21-23(3)27(7)33(28(8)24(21)4)34(31-17-13-11-14-18-31)35-36(38(44-39(35)41)32-19-15-12-16-20-32)40(42)43-37-29(9)25(5)22(2)26(6)30(37)10/h11-20H,1-10H3/b35-34-. The van der Waals surface area contributed by atoms with Gasteiger partial charge in [-0.1, -0.05) is 60.7 Å². The van der Waals surface area contributed by atoms with E-state index in [-0.39, 0.29) is 16.9 Å². The van der Waals surface area contributed by atoms with Crippen molar-refractivity contribution in [2.24, 2.45) is 0 Å². The van der Waals surface area contributed by atoms with Crippen LogP contribution in [-0.4, -0.2) is 11.9 Å². The summed E-state index contributed by atoms with van der Waals surface area (Å²) < 4.78 is 12.3. The minimum absolute atomic E-state index is 0.129. The molecule has 0 radical (unpaired) electrons. The zero-order valence-electron chi connectivity index (χ0n) is 27.4. The van der Waals surface area contributed by atoms with Crippen LogP contribution in [0.3, 0.4) is 0 Å². The summed E-state index contributed by atoms with van der Waals surface area (Å²) in [7, 11) is 0. The van der Waals surface area contributed by atoms with Crippen LogP contribution >= 0.6 is 0 Å². The molecule has 0 fully saturated rings. The second-order valence-corrected chi connectivity index (χ2v) is 11.9. The molecule has 0 bridgehead atoms. The lowest BCUT2D eigenvalue weighted by Crippen LogP contribution is -2.18. The predicted octanol–water partition coefficient (Wildman–Crippen LogP) is 9.15. The van der Waals surface area contributed by atoms with Crippen molar-refractivity contribution in [3.63, 3.8) is 0 Å². The van der Waals surface area contributed by atoms with Crippen LogP contribution in [0, 0.1) is 69.2 Å². The van der Waals surface area contributed by atoms with E-state index >= 15 is 0 Å². The SMILES string of the molecule is Cc1c(C)c(C)c(OC(=O)C2=C(c3ccccc3)OC(=O)/C2=C(/c2ccccc2)c2c(C)c(C)c(C)c(C)c2C)c(C)c1C. The van der Waals surface area contributed by atoms with Crippen LogP contribution in [0.25, 0.3) is 11.3 Å². The molecule has 0 N–H and O–H groups in total. The maximum absolute atomic E-state index is 14.5. The first-order valence-corrected chi connectivity index (χ1v) is 15.0. The van der Waals surface area contributed by atoms with Crippen LogP contribution in [0.2, 0.25) is 0 Å². The van der Waals surface area contributed by atoms with Gasteiger partial charge in [-0.3, -0.25) is 0 Å². The van der Waals surface area contributed by atoms with Crippen LogP contribution in [-0.2, 0) is 14.3 Å². The Morgan fingerprint density at radius 1 is 0.568 bits per heavy atom. The van der Waals surface area contributed by atoms with Gasteiger partial charge in [0.25, 0.3) is 0 Å². The summed E-state index contributed by atoms with van der Waals surface area (Å²) in [6.45, 7) is 20.6. The van der Waals surface area contributed by atoms with Crippen LogP contribution in [0.1, 0.15) is 72.3 Å². The Hall–Kier alpha value is -4.70. The third-order valence-electron chi connectivity index (χ3n) is 9.80. The van der Waals surface area contributed by atoms with Crippen LogP contribution in [0.15, 0.2) is 71.8 Å². The van der Waals surface area contributed by atoms with Gasteiger partial charge in [-0.25, -0.2) is 9.59 Å². The molecule has 0 saturated heterocycles. The molecule has 4 aromatic rings. The quantitative estimate of drug-likeness (QED) is 0.133. The Morgan fingerprint density at radius 3 is 1.50 bits per heavy atom. The van der Waals surface area contributed by atoms with E-state index in [2.05, 4.69) is 41.5 Å². The summed E-state index contributed by atoms with van der Waals surface area (Å²) >= 11 is 0. The lowest BCUT2D eigenvalue weighted by atomic mass is 9.81. The van der Waals surface area contributed by atoms with Crippen molar-refractivity contribution in [1.29, 1.82) is 0 Å². The first kappa shape index (κ1) is 30.7. The van der Waals surface area contributed by atoms with Gasteiger partial charge in [0, 0.05) is 11.1 Å². The van der Waals surface area contributed by atoms with E-state index in [0.717, 1.165) is 55.6 Å². The molecular formula is C40H40O4. The van der Waals surface area contributed by atoms with Gasteiger partial charge in [-0.05, 0) is 136 Å². The Kier molecular flexibility index (Phi) is 8.22. The Labute approximate surface area is 261 Å². The Balaban J connectivity index is 1.89. The largest absolute Gasteiger partial charge is 0.422 e. The van der Waals surface area contributed by atoms with Crippen molar-refractivity contribution in [3.8, 4) is 5.75 Å². The third-order valence-corrected chi connectivity index (χ3v) is 9.80. The van der Waals surface area contributed by atoms with Gasteiger partial charge in [0.1, 0.15) is 11.3 Å². The van der Waals surface area contributed by atoms with E-state index < -0.39 is 11.9 Å². The van der Waals surface area contributed by atoms with Crippen molar-refractivity contribution in [3.05, 3.63) is 144 Å². The number of carbonyl (C=O) groups excluding carboxylic acids is 2. The molecular weight excluding hydrogens is 544 g/mol. The molecule has 4 heteroatoms. The highest BCUT2D eigenvalue weighted by molar-refractivity contribution is 6.22. The molecule has 1 aliphatic rings. The molecule has 5 rings (SSSR count). The average Bonchev–Trinajstić information content (AvgIpc) is 3.38. The first-order chi connectivity index (χ1) is 20.9. The van der Waals surface area contributed by atoms with Crippen LogP contribution < -0.4 is 4.74 Å². The van der Waals surface area contributed by atoms with Gasteiger partial charge < -0.3 is 9.47 Å². The lowest BCUT2D eigenvalue weighted by molar-refractivity contribution is -0.132. The van der Waals surface area contributed by atoms with Crippen molar-refractivity contribution in [2.45, 2.75) is 69.2 Å². The Morgan fingerprint density at radius 2 is 1.00 bits per heavy atom. The molecule has 4 aromatic carbocycles. The van der Waals surface area contributed by atoms with Crippen molar-refractivity contribution < 1.29 is 19.1 Å². The molecule has 0 saturated carbocycles. The van der Waals surface area contributed by atoms with Gasteiger partial charge in [0.05, 0.1) is 5.57 Å². The number of ether oxygens (including phenoxy) is 2. The number of hydrogen-bond acceptors (Lipinski definition) is 4. The monoisotopic (exact) mass is 584 g/mol. The predicted molar refractivity (Wildman–Crippen MR) is 178 cm³/mol. The molecule has 44 heavy (non-hydrogen) atoms. The molecule has 224 valence electrons. The normalized spacial score (nSPS) is 14.2. The van der Waals surface area contributed by atoms with E-state index in [1.165, 1.54) is 11.1 Å². The highest BCUT2D eigenvalue weighted by atomic mass is 16.6. The van der Waals surface area contributed by atoms with Crippen molar-refractivity contribution in [2.75, 3.05) is 0 Å². The Bertz CT molecular complexity index is 1850. The van der Waals surface area contributed by atoms with Gasteiger partial charge in [-0.2, -0.15) is 0 Å². The van der Waals surface area contributed by atoms with E-state index in [9.17, 15) is 9.59 Å². The molecule has 0 amide bonds. The van der Waals surface area contributed by atoms with Gasteiger partial charge in [-0.15, -0.1) is 0 Å². The third kappa shape index (κ3) is 4.98. The molecule has 0 spiro atoms. The smallest absolute Gasteiger partial charge is 0.348 e. The zero-order chi connectivity index (χ0) is 32.0. The highest BCUT2D eigenvalue weighted by Gasteiger charge is 2.40. The van der Waals surface area contributed by atoms with Crippen LogP contribution in [0.5, 0.6) is 5.75 Å². The zero-order valence-corrected chi connectivity index (χ0v) is 27.4.